The Morgan fingerprint density at radius 1 is 0.783 bits per heavy atom. The van der Waals surface area contributed by atoms with Crippen LogP contribution in [0.25, 0.3) is 0 Å². The van der Waals surface area contributed by atoms with Crippen molar-refractivity contribution in [2.24, 2.45) is 0 Å². The molecule has 2 nitrogen and oxygen atoms in total. The first-order valence-corrected chi connectivity index (χ1v) is 10.4. The zero-order chi connectivity index (χ0) is 16.2. The SMILES string of the molecule is CC1=CC=[C]([Zr]([O]c2ccc(F)cc2)[O]c2ccc(F)cc2)C1. The number of allylic oxidation sites excluding steroid dienone is 4. The van der Waals surface area contributed by atoms with Crippen LogP contribution in [-0.4, -0.2) is 0 Å². The van der Waals surface area contributed by atoms with Crippen molar-refractivity contribution in [3.63, 3.8) is 0 Å². The molecule has 2 aromatic rings. The van der Waals surface area contributed by atoms with Gasteiger partial charge in [-0.2, -0.15) is 0 Å². The summed E-state index contributed by atoms with van der Waals surface area (Å²) in [6, 6.07) is 11.8. The normalized spacial score (nSPS) is 13.3. The second-order valence-electron chi connectivity index (χ2n) is 5.28. The minimum absolute atomic E-state index is 0.306. The van der Waals surface area contributed by atoms with Crippen LogP contribution in [0.15, 0.2) is 69.5 Å². The van der Waals surface area contributed by atoms with Gasteiger partial charge in [0.25, 0.3) is 0 Å². The Morgan fingerprint density at radius 2 is 1.26 bits per heavy atom. The van der Waals surface area contributed by atoms with E-state index in [-0.39, 0.29) is 11.6 Å². The molecule has 0 amide bonds. The Bertz CT molecular complexity index is 689. The van der Waals surface area contributed by atoms with Crippen LogP contribution in [0.5, 0.6) is 11.5 Å². The molecule has 23 heavy (non-hydrogen) atoms. The molecular weight excluding hydrogens is 377 g/mol. The Balaban J connectivity index is 1.79. The fourth-order valence-corrected chi connectivity index (χ4v) is 6.22. The van der Waals surface area contributed by atoms with E-state index in [4.69, 9.17) is 5.63 Å². The molecule has 5 heteroatoms. The zero-order valence-electron chi connectivity index (χ0n) is 12.6. The van der Waals surface area contributed by atoms with Crippen molar-refractivity contribution < 1.29 is 37.0 Å². The van der Waals surface area contributed by atoms with Gasteiger partial charge in [0.1, 0.15) is 0 Å². The van der Waals surface area contributed by atoms with E-state index in [0.717, 1.165) is 9.70 Å². The number of hydrogen-bond donors (Lipinski definition) is 0. The van der Waals surface area contributed by atoms with Gasteiger partial charge in [-0.3, -0.25) is 0 Å². The summed E-state index contributed by atoms with van der Waals surface area (Å²) < 4.78 is 39.3. The zero-order valence-corrected chi connectivity index (χ0v) is 15.0. The topological polar surface area (TPSA) is 18.5 Å². The molecule has 0 aliphatic heterocycles. The van der Waals surface area contributed by atoms with Crippen LogP contribution in [0.3, 0.4) is 0 Å². The molecule has 0 bridgehead atoms. The van der Waals surface area contributed by atoms with Gasteiger partial charge in [-0.25, -0.2) is 0 Å². The van der Waals surface area contributed by atoms with Crippen LogP contribution in [0.2, 0.25) is 0 Å². The Hall–Kier alpha value is -1.74. The molecule has 2 aromatic carbocycles. The second-order valence-corrected chi connectivity index (χ2v) is 9.28. The van der Waals surface area contributed by atoms with Gasteiger partial charge in [0, 0.05) is 0 Å². The van der Waals surface area contributed by atoms with E-state index in [2.05, 4.69) is 13.0 Å². The fourth-order valence-electron chi connectivity index (χ4n) is 2.17. The van der Waals surface area contributed by atoms with Gasteiger partial charge in [0.2, 0.25) is 0 Å². The monoisotopic (exact) mass is 391 g/mol. The van der Waals surface area contributed by atoms with Gasteiger partial charge in [0.15, 0.2) is 0 Å². The minimum atomic E-state index is -2.91. The van der Waals surface area contributed by atoms with Crippen LogP contribution in [0, 0.1) is 11.6 Å². The predicted molar refractivity (Wildman–Crippen MR) is 80.5 cm³/mol. The molecule has 117 valence electrons. The summed E-state index contributed by atoms with van der Waals surface area (Å²) in [5.74, 6) is 0.570. The standard InChI is InChI=1S/2C6H5FO.C6H7.Zr/c2*7-5-1-3-6(8)4-2-5;1-6-4-2-3-5-6;/h2*1-4,8H;2,4H,5H2,1H3;/q;;;+2/p-2. The van der Waals surface area contributed by atoms with E-state index in [1.54, 1.807) is 24.3 Å². The molecule has 0 saturated heterocycles. The van der Waals surface area contributed by atoms with Crippen molar-refractivity contribution in [3.8, 4) is 11.5 Å². The van der Waals surface area contributed by atoms with Gasteiger partial charge in [-0.1, -0.05) is 0 Å². The van der Waals surface area contributed by atoms with Crippen LogP contribution in [0.1, 0.15) is 13.3 Å². The molecule has 0 N–H and O–H groups in total. The predicted octanol–water partition coefficient (Wildman–Crippen LogP) is 5.10. The van der Waals surface area contributed by atoms with Gasteiger partial charge in [0.05, 0.1) is 0 Å². The summed E-state index contributed by atoms with van der Waals surface area (Å²) in [4.78, 5) is 0. The van der Waals surface area contributed by atoms with Crippen molar-refractivity contribution in [2.75, 3.05) is 0 Å². The van der Waals surface area contributed by atoms with Gasteiger partial charge in [-0.05, 0) is 0 Å². The molecule has 0 fully saturated rings. The molecule has 0 heterocycles. The van der Waals surface area contributed by atoms with Gasteiger partial charge in [-0.15, -0.1) is 0 Å². The molecule has 1 aliphatic carbocycles. The average Bonchev–Trinajstić information content (AvgIpc) is 2.97. The Kier molecular flexibility index (Phi) is 5.07. The third-order valence-electron chi connectivity index (χ3n) is 3.35. The second kappa shape index (κ2) is 7.22. The van der Waals surface area contributed by atoms with Crippen molar-refractivity contribution >= 4 is 0 Å². The first kappa shape index (κ1) is 16.1. The van der Waals surface area contributed by atoms with E-state index >= 15 is 0 Å². The molecule has 0 aromatic heterocycles. The van der Waals surface area contributed by atoms with Gasteiger partial charge < -0.3 is 0 Å². The third kappa shape index (κ3) is 4.38. The Morgan fingerprint density at radius 3 is 1.65 bits per heavy atom. The van der Waals surface area contributed by atoms with Crippen LogP contribution in [0.4, 0.5) is 8.78 Å². The van der Waals surface area contributed by atoms with E-state index in [9.17, 15) is 8.78 Å². The first-order chi connectivity index (χ1) is 11.1. The molecule has 1 aliphatic rings. The van der Waals surface area contributed by atoms with Gasteiger partial charge >= 0.3 is 143 Å². The van der Waals surface area contributed by atoms with Crippen LogP contribution in [-0.2, 0) is 22.6 Å². The summed E-state index contributed by atoms with van der Waals surface area (Å²) in [7, 11) is 0. The van der Waals surface area contributed by atoms with Crippen LogP contribution < -0.4 is 5.63 Å². The summed E-state index contributed by atoms with van der Waals surface area (Å²) >= 11 is -2.91. The fraction of sp³-hybridized carbons (Fsp3) is 0.111. The number of rotatable bonds is 5. The molecule has 0 spiro atoms. The number of halogens is 2. The number of benzene rings is 2. The van der Waals surface area contributed by atoms with Crippen molar-refractivity contribution in [3.05, 3.63) is 81.2 Å². The van der Waals surface area contributed by atoms with E-state index in [1.807, 2.05) is 6.08 Å². The van der Waals surface area contributed by atoms with E-state index in [0.29, 0.717) is 11.5 Å². The van der Waals surface area contributed by atoms with Crippen LogP contribution >= 0.6 is 0 Å². The first-order valence-electron chi connectivity index (χ1n) is 7.20. The molecule has 0 unspecified atom stereocenters. The summed E-state index contributed by atoms with van der Waals surface area (Å²) in [6.07, 6.45) is 4.92. The maximum atomic E-state index is 13.0. The van der Waals surface area contributed by atoms with E-state index < -0.39 is 22.6 Å². The third-order valence-corrected chi connectivity index (χ3v) is 7.55. The summed E-state index contributed by atoms with van der Waals surface area (Å²) in [5.41, 5.74) is 1.25. The summed E-state index contributed by atoms with van der Waals surface area (Å²) in [6.45, 7) is 2.06. The molecule has 0 radical (unpaired) electrons. The van der Waals surface area contributed by atoms with Crippen molar-refractivity contribution in [1.82, 2.24) is 0 Å². The van der Waals surface area contributed by atoms with E-state index in [1.165, 1.54) is 29.8 Å². The maximum absolute atomic E-state index is 13.0. The average molecular weight is 393 g/mol. The Labute approximate surface area is 143 Å². The van der Waals surface area contributed by atoms with Crippen molar-refractivity contribution in [2.45, 2.75) is 13.3 Å². The molecule has 3 rings (SSSR count). The number of hydrogen-bond acceptors (Lipinski definition) is 2. The van der Waals surface area contributed by atoms with Crippen molar-refractivity contribution in [1.29, 1.82) is 0 Å². The molecule has 0 atom stereocenters. The molecular formula is C18H15F2O2Zr. The molecule has 0 saturated carbocycles. The summed E-state index contributed by atoms with van der Waals surface area (Å²) in [5, 5.41) is 0. The quantitative estimate of drug-likeness (QED) is 0.704.